The fourth-order valence-corrected chi connectivity index (χ4v) is 6.09. The van der Waals surface area contributed by atoms with Gasteiger partial charge in [-0.2, -0.15) is 0 Å². The molecule has 0 bridgehead atoms. The van der Waals surface area contributed by atoms with Crippen molar-refractivity contribution in [2.24, 2.45) is 0 Å². The molecule has 5 nitrogen and oxygen atoms in total. The first-order valence-corrected chi connectivity index (χ1v) is 17.0. The summed E-state index contributed by atoms with van der Waals surface area (Å²) in [6.45, 7) is 8.30. The number of unbranched alkanes of at least 4 members (excludes halogenated alkanes) is 16. The Kier molecular flexibility index (Phi) is 23.3. The molecule has 0 aromatic heterocycles. The number of aliphatic hydroxyl groups is 2. The van der Waals surface area contributed by atoms with E-state index in [2.05, 4.69) is 51.8 Å². The van der Waals surface area contributed by atoms with Gasteiger partial charge in [0.25, 0.3) is 0 Å². The lowest BCUT2D eigenvalue weighted by Gasteiger charge is -2.51. The number of nitrogens with zero attached hydrogens (tertiary/aromatic N) is 2. The van der Waals surface area contributed by atoms with E-state index in [1.54, 1.807) is 0 Å². The molecule has 0 spiro atoms. The standard InChI is InChI=1S/C34H72N2O3/c1-9-11-13-15-17-19-21-23-25-27-33(35(5)6,29-31(3)37)39-34(36(7)8,30-32(4)38)28-26-24-22-20-18-16-14-12-10-2/h31-32,37-38H,9-30H2,1-8H3. The monoisotopic (exact) mass is 557 g/mol. The Morgan fingerprint density at radius 3 is 0.974 bits per heavy atom. The van der Waals surface area contributed by atoms with Crippen LogP contribution >= 0.6 is 0 Å². The SMILES string of the molecule is CCCCCCCCCCCC(CC(C)O)(OC(CCCCCCCCCCC)(CC(C)O)N(C)C)N(C)C. The largest absolute Gasteiger partial charge is 0.393 e. The second-order valence-corrected chi connectivity index (χ2v) is 13.0. The highest BCUT2D eigenvalue weighted by atomic mass is 16.6. The lowest BCUT2D eigenvalue weighted by molar-refractivity contribution is -0.283. The van der Waals surface area contributed by atoms with Crippen molar-refractivity contribution >= 4 is 0 Å². The van der Waals surface area contributed by atoms with E-state index in [1.807, 2.05) is 13.8 Å². The van der Waals surface area contributed by atoms with Gasteiger partial charge in [0.15, 0.2) is 0 Å². The Morgan fingerprint density at radius 1 is 0.487 bits per heavy atom. The van der Waals surface area contributed by atoms with E-state index < -0.39 is 23.7 Å². The van der Waals surface area contributed by atoms with Crippen molar-refractivity contribution in [1.82, 2.24) is 9.80 Å². The number of ether oxygens (including phenoxy) is 1. The Bertz CT molecular complexity index is 495. The van der Waals surface area contributed by atoms with Gasteiger partial charge in [0, 0.05) is 12.8 Å². The van der Waals surface area contributed by atoms with Crippen molar-refractivity contribution in [3.05, 3.63) is 0 Å². The van der Waals surface area contributed by atoms with Crippen LogP contribution < -0.4 is 0 Å². The first-order chi connectivity index (χ1) is 18.5. The normalized spacial score (nSPS) is 16.9. The molecule has 4 atom stereocenters. The molecule has 0 amide bonds. The Labute approximate surface area is 245 Å². The molecule has 2 N–H and O–H groups in total. The number of aliphatic hydroxyl groups excluding tert-OH is 2. The van der Waals surface area contributed by atoms with Crippen LogP contribution in [0.4, 0.5) is 0 Å². The van der Waals surface area contributed by atoms with Gasteiger partial charge in [-0.3, -0.25) is 9.80 Å². The van der Waals surface area contributed by atoms with E-state index in [4.69, 9.17) is 4.74 Å². The molecule has 0 aliphatic carbocycles. The molecule has 0 fully saturated rings. The van der Waals surface area contributed by atoms with Crippen molar-refractivity contribution in [2.75, 3.05) is 28.2 Å². The summed E-state index contributed by atoms with van der Waals surface area (Å²) in [6.07, 6.45) is 25.3. The van der Waals surface area contributed by atoms with E-state index in [-0.39, 0.29) is 0 Å². The summed E-state index contributed by atoms with van der Waals surface area (Å²) >= 11 is 0. The molecule has 0 heterocycles. The van der Waals surface area contributed by atoms with E-state index in [0.29, 0.717) is 12.8 Å². The van der Waals surface area contributed by atoms with Gasteiger partial charge in [-0.25, -0.2) is 0 Å². The zero-order chi connectivity index (χ0) is 29.6. The molecular weight excluding hydrogens is 484 g/mol. The predicted octanol–water partition coefficient (Wildman–Crippen LogP) is 8.90. The molecule has 0 saturated carbocycles. The van der Waals surface area contributed by atoms with E-state index in [1.165, 1.54) is 103 Å². The van der Waals surface area contributed by atoms with Gasteiger partial charge < -0.3 is 14.9 Å². The minimum Gasteiger partial charge on any atom is -0.393 e. The number of hydrogen-bond acceptors (Lipinski definition) is 5. The molecule has 5 heteroatoms. The fourth-order valence-electron chi connectivity index (χ4n) is 6.09. The van der Waals surface area contributed by atoms with E-state index in [0.717, 1.165) is 25.7 Å². The third-order valence-corrected chi connectivity index (χ3v) is 8.58. The lowest BCUT2D eigenvalue weighted by atomic mass is 9.92. The first kappa shape index (κ1) is 38.8. The maximum absolute atomic E-state index is 10.6. The van der Waals surface area contributed by atoms with Gasteiger partial charge in [-0.15, -0.1) is 0 Å². The maximum Gasteiger partial charge on any atom is 0.126 e. The van der Waals surface area contributed by atoms with Crippen LogP contribution in [0.1, 0.15) is 169 Å². The smallest absolute Gasteiger partial charge is 0.126 e. The minimum absolute atomic E-state index is 0.454. The Hall–Kier alpha value is -0.200. The highest BCUT2D eigenvalue weighted by Crippen LogP contribution is 2.39. The third-order valence-electron chi connectivity index (χ3n) is 8.58. The highest BCUT2D eigenvalue weighted by molar-refractivity contribution is 4.89. The predicted molar refractivity (Wildman–Crippen MR) is 170 cm³/mol. The molecule has 4 unspecified atom stereocenters. The van der Waals surface area contributed by atoms with Crippen molar-refractivity contribution in [3.63, 3.8) is 0 Å². The van der Waals surface area contributed by atoms with Crippen molar-refractivity contribution in [2.45, 2.75) is 193 Å². The van der Waals surface area contributed by atoms with Gasteiger partial charge in [0.05, 0.1) is 12.2 Å². The number of hydrogen-bond donors (Lipinski definition) is 2. The second kappa shape index (κ2) is 23.4. The topological polar surface area (TPSA) is 56.2 Å². The van der Waals surface area contributed by atoms with Crippen LogP contribution in [-0.4, -0.2) is 71.9 Å². The van der Waals surface area contributed by atoms with Gasteiger partial charge in [0.1, 0.15) is 11.4 Å². The van der Waals surface area contributed by atoms with E-state index in [9.17, 15) is 10.2 Å². The molecule has 0 rings (SSSR count). The van der Waals surface area contributed by atoms with Crippen LogP contribution in [-0.2, 0) is 4.74 Å². The molecule has 0 aromatic rings. The summed E-state index contributed by atoms with van der Waals surface area (Å²) in [6, 6.07) is 0. The Balaban J connectivity index is 5.29. The molecule has 0 aliphatic heterocycles. The van der Waals surface area contributed by atoms with Crippen LogP contribution in [0.5, 0.6) is 0 Å². The van der Waals surface area contributed by atoms with Gasteiger partial charge in [-0.05, 0) is 67.7 Å². The third kappa shape index (κ3) is 18.1. The molecule has 0 aliphatic rings. The summed E-state index contributed by atoms with van der Waals surface area (Å²) in [5, 5.41) is 21.2. The minimum atomic E-state index is -0.562. The second-order valence-electron chi connectivity index (χ2n) is 13.0. The summed E-state index contributed by atoms with van der Waals surface area (Å²) in [7, 11) is 8.38. The summed E-state index contributed by atoms with van der Waals surface area (Å²) < 4.78 is 7.25. The number of rotatable bonds is 28. The quantitative estimate of drug-likeness (QED) is 0.0744. The van der Waals surface area contributed by atoms with Crippen LogP contribution in [0.15, 0.2) is 0 Å². The van der Waals surface area contributed by atoms with Crippen molar-refractivity contribution in [1.29, 1.82) is 0 Å². The summed E-state index contributed by atoms with van der Waals surface area (Å²) in [5.41, 5.74) is -1.12. The molecular formula is C34H72N2O3. The van der Waals surface area contributed by atoms with Crippen LogP contribution in [0.2, 0.25) is 0 Å². The summed E-state index contributed by atoms with van der Waals surface area (Å²) in [5.74, 6) is 0. The average Bonchev–Trinajstić information content (AvgIpc) is 2.85. The molecule has 0 aromatic carbocycles. The lowest BCUT2D eigenvalue weighted by Crippen LogP contribution is -2.59. The van der Waals surface area contributed by atoms with Gasteiger partial charge in [0.2, 0.25) is 0 Å². The van der Waals surface area contributed by atoms with Crippen LogP contribution in [0.25, 0.3) is 0 Å². The molecule has 39 heavy (non-hydrogen) atoms. The molecule has 0 saturated heterocycles. The highest BCUT2D eigenvalue weighted by Gasteiger charge is 2.45. The van der Waals surface area contributed by atoms with Gasteiger partial charge >= 0.3 is 0 Å². The Morgan fingerprint density at radius 2 is 0.744 bits per heavy atom. The average molecular weight is 557 g/mol. The van der Waals surface area contributed by atoms with E-state index >= 15 is 0 Å². The van der Waals surface area contributed by atoms with Crippen molar-refractivity contribution < 1.29 is 14.9 Å². The zero-order valence-corrected chi connectivity index (χ0v) is 27.9. The van der Waals surface area contributed by atoms with Crippen LogP contribution in [0, 0.1) is 0 Å². The van der Waals surface area contributed by atoms with Crippen molar-refractivity contribution in [3.8, 4) is 0 Å². The molecule has 0 radical (unpaired) electrons. The molecule has 236 valence electrons. The van der Waals surface area contributed by atoms with Gasteiger partial charge in [-0.1, -0.05) is 117 Å². The zero-order valence-electron chi connectivity index (χ0n) is 27.9. The summed E-state index contributed by atoms with van der Waals surface area (Å²) in [4.78, 5) is 4.39. The fraction of sp³-hybridized carbons (Fsp3) is 1.00. The maximum atomic E-state index is 10.6. The first-order valence-electron chi connectivity index (χ1n) is 17.0. The van der Waals surface area contributed by atoms with Crippen LogP contribution in [0.3, 0.4) is 0 Å².